The number of carbonyl (C=O) groups excluding carboxylic acids is 1. The van der Waals surface area contributed by atoms with Gasteiger partial charge in [0.15, 0.2) is 0 Å². The van der Waals surface area contributed by atoms with Crippen molar-refractivity contribution in [2.24, 2.45) is 0 Å². The third-order valence-corrected chi connectivity index (χ3v) is 4.54. The van der Waals surface area contributed by atoms with Crippen LogP contribution in [0.25, 0.3) is 0 Å². The highest BCUT2D eigenvalue weighted by atomic mass is 32.1. The highest BCUT2D eigenvalue weighted by molar-refractivity contribution is 7.07. The van der Waals surface area contributed by atoms with Crippen LogP contribution in [0.15, 0.2) is 41.1 Å². The second-order valence-electron chi connectivity index (χ2n) is 5.89. The van der Waals surface area contributed by atoms with Crippen molar-refractivity contribution >= 4 is 17.4 Å². The number of thiophene rings is 1. The minimum atomic E-state index is -0.386. The molecule has 0 aliphatic heterocycles. The molecule has 2 aromatic rings. The Labute approximate surface area is 146 Å². The van der Waals surface area contributed by atoms with Crippen molar-refractivity contribution in [3.8, 4) is 5.75 Å². The Morgan fingerprint density at radius 3 is 2.62 bits per heavy atom. The average molecular weight is 348 g/mol. The molecule has 0 aliphatic carbocycles. The van der Waals surface area contributed by atoms with Crippen molar-refractivity contribution in [2.75, 3.05) is 27.2 Å². The van der Waals surface area contributed by atoms with Gasteiger partial charge in [0.05, 0.1) is 0 Å². The smallest absolute Gasteiger partial charge is 0.407 e. The molecule has 1 heterocycles. The van der Waals surface area contributed by atoms with E-state index in [0.29, 0.717) is 13.2 Å². The average Bonchev–Trinajstić information content (AvgIpc) is 3.06. The van der Waals surface area contributed by atoms with E-state index in [-0.39, 0.29) is 17.9 Å². The minimum absolute atomic E-state index is 0.0807. The normalized spacial score (nSPS) is 12.1. The quantitative estimate of drug-likeness (QED) is 0.770. The molecule has 24 heavy (non-hydrogen) atoms. The first-order valence-corrected chi connectivity index (χ1v) is 8.85. The molecule has 1 aromatic carbocycles. The number of ether oxygens (including phenoxy) is 1. The molecule has 2 rings (SSSR count). The summed E-state index contributed by atoms with van der Waals surface area (Å²) in [6.45, 7) is 0.887. The maximum atomic E-state index is 11.8. The van der Waals surface area contributed by atoms with E-state index in [4.69, 9.17) is 4.74 Å². The minimum Gasteiger partial charge on any atom is -0.508 e. The number of benzene rings is 1. The summed E-state index contributed by atoms with van der Waals surface area (Å²) in [5, 5.41) is 16.2. The van der Waals surface area contributed by atoms with Crippen molar-refractivity contribution in [1.82, 2.24) is 10.2 Å². The zero-order valence-electron chi connectivity index (χ0n) is 14.1. The lowest BCUT2D eigenvalue weighted by molar-refractivity contribution is 0.110. The zero-order valence-corrected chi connectivity index (χ0v) is 14.9. The van der Waals surface area contributed by atoms with E-state index in [1.165, 1.54) is 5.56 Å². The monoisotopic (exact) mass is 348 g/mol. The number of carbonyl (C=O) groups is 1. The molecule has 0 bridgehead atoms. The molecule has 1 amide bonds. The van der Waals surface area contributed by atoms with E-state index in [9.17, 15) is 9.90 Å². The lowest BCUT2D eigenvalue weighted by atomic mass is 10.1. The summed E-state index contributed by atoms with van der Waals surface area (Å²) in [4.78, 5) is 13.8. The first-order chi connectivity index (χ1) is 11.5. The van der Waals surface area contributed by atoms with Gasteiger partial charge >= 0.3 is 6.09 Å². The highest BCUT2D eigenvalue weighted by Gasteiger charge is 2.15. The molecule has 0 spiro atoms. The molecule has 130 valence electrons. The predicted octanol–water partition coefficient (Wildman–Crippen LogP) is 2.90. The van der Waals surface area contributed by atoms with E-state index in [1.807, 2.05) is 36.5 Å². The van der Waals surface area contributed by atoms with Gasteiger partial charge < -0.3 is 20.1 Å². The van der Waals surface area contributed by atoms with Crippen LogP contribution in [0.4, 0.5) is 4.79 Å². The first-order valence-electron chi connectivity index (χ1n) is 7.90. The zero-order chi connectivity index (χ0) is 17.4. The molecule has 0 radical (unpaired) electrons. The number of nitrogens with zero attached hydrogens (tertiary/aromatic N) is 1. The van der Waals surface area contributed by atoms with Crippen molar-refractivity contribution in [2.45, 2.75) is 18.9 Å². The lowest BCUT2D eigenvalue weighted by Crippen LogP contribution is -2.37. The standard InChI is InChI=1S/C18H24N2O3S/c1-20(2)16(11-14-3-5-17(21)6-4-14)12-23-18(22)19-9-7-15-8-10-24-13-15/h3-6,8,10,13,16,21H,7,9,11-12H2,1-2H3,(H,19,22)/t16-/m0/s1. The third kappa shape index (κ3) is 6.22. The van der Waals surface area contributed by atoms with E-state index in [2.05, 4.69) is 16.8 Å². The fraction of sp³-hybridized carbons (Fsp3) is 0.389. The fourth-order valence-corrected chi connectivity index (χ4v) is 2.96. The summed E-state index contributed by atoms with van der Waals surface area (Å²) in [5.41, 5.74) is 2.31. The fourth-order valence-electron chi connectivity index (χ4n) is 2.26. The van der Waals surface area contributed by atoms with Crippen molar-refractivity contribution < 1.29 is 14.6 Å². The Hall–Kier alpha value is -2.05. The molecular formula is C18H24N2O3S. The van der Waals surface area contributed by atoms with Gasteiger partial charge in [0.1, 0.15) is 12.4 Å². The number of phenolic OH excluding ortho intramolecular Hbond substituents is 1. The molecule has 0 fully saturated rings. The maximum absolute atomic E-state index is 11.8. The van der Waals surface area contributed by atoms with E-state index in [0.717, 1.165) is 18.4 Å². The summed E-state index contributed by atoms with van der Waals surface area (Å²) >= 11 is 1.65. The Bertz CT molecular complexity index is 612. The van der Waals surface area contributed by atoms with Crippen LogP contribution in [0.3, 0.4) is 0 Å². The van der Waals surface area contributed by atoms with Gasteiger partial charge in [-0.2, -0.15) is 11.3 Å². The summed E-state index contributed by atoms with van der Waals surface area (Å²) < 4.78 is 5.34. The number of hydrogen-bond acceptors (Lipinski definition) is 5. The number of nitrogens with one attached hydrogen (secondary N) is 1. The SMILES string of the molecule is CN(C)[C@H](COC(=O)NCCc1ccsc1)Cc1ccc(O)cc1. The molecule has 0 saturated carbocycles. The Balaban J connectivity index is 1.73. The van der Waals surface area contributed by atoms with Crippen LogP contribution in [0.1, 0.15) is 11.1 Å². The number of phenols is 1. The number of aromatic hydroxyl groups is 1. The van der Waals surface area contributed by atoms with Gasteiger partial charge in [-0.15, -0.1) is 0 Å². The summed E-state index contributed by atoms with van der Waals surface area (Å²) in [5.74, 6) is 0.251. The van der Waals surface area contributed by atoms with Crippen LogP contribution >= 0.6 is 11.3 Å². The maximum Gasteiger partial charge on any atom is 0.407 e. The van der Waals surface area contributed by atoms with Crippen LogP contribution in [0.2, 0.25) is 0 Å². The molecular weight excluding hydrogens is 324 g/mol. The Morgan fingerprint density at radius 2 is 2.00 bits per heavy atom. The largest absolute Gasteiger partial charge is 0.508 e. The van der Waals surface area contributed by atoms with Crippen molar-refractivity contribution in [3.05, 3.63) is 52.2 Å². The third-order valence-electron chi connectivity index (χ3n) is 3.81. The summed E-state index contributed by atoms with van der Waals surface area (Å²) in [7, 11) is 3.92. The topological polar surface area (TPSA) is 61.8 Å². The van der Waals surface area contributed by atoms with Crippen LogP contribution < -0.4 is 5.32 Å². The molecule has 6 heteroatoms. The number of amides is 1. The number of rotatable bonds is 8. The van der Waals surface area contributed by atoms with Crippen LogP contribution in [-0.4, -0.2) is 49.4 Å². The lowest BCUT2D eigenvalue weighted by Gasteiger charge is -2.24. The number of hydrogen-bond donors (Lipinski definition) is 2. The first kappa shape index (κ1) is 18.3. The summed E-state index contributed by atoms with van der Waals surface area (Å²) in [6.07, 6.45) is 1.17. The second kappa shape index (κ2) is 9.30. The van der Waals surface area contributed by atoms with E-state index < -0.39 is 0 Å². The van der Waals surface area contributed by atoms with Crippen LogP contribution in [0, 0.1) is 0 Å². The van der Waals surface area contributed by atoms with Gasteiger partial charge in [0, 0.05) is 12.6 Å². The van der Waals surface area contributed by atoms with Gasteiger partial charge in [0.25, 0.3) is 0 Å². The summed E-state index contributed by atoms with van der Waals surface area (Å²) in [6, 6.07) is 9.23. The molecule has 0 unspecified atom stereocenters. The van der Waals surface area contributed by atoms with Gasteiger partial charge in [-0.25, -0.2) is 4.79 Å². The second-order valence-corrected chi connectivity index (χ2v) is 6.67. The Kier molecular flexibility index (Phi) is 7.08. The van der Waals surface area contributed by atoms with Gasteiger partial charge in [0.2, 0.25) is 0 Å². The van der Waals surface area contributed by atoms with E-state index in [1.54, 1.807) is 23.5 Å². The van der Waals surface area contributed by atoms with E-state index >= 15 is 0 Å². The van der Waals surface area contributed by atoms with Crippen molar-refractivity contribution in [1.29, 1.82) is 0 Å². The van der Waals surface area contributed by atoms with Gasteiger partial charge in [-0.05, 0) is 67.0 Å². The number of likely N-dealkylation sites (N-methyl/N-ethyl adjacent to an activating group) is 1. The molecule has 2 N–H and O–H groups in total. The molecule has 5 nitrogen and oxygen atoms in total. The molecule has 0 saturated heterocycles. The van der Waals surface area contributed by atoms with Crippen molar-refractivity contribution in [3.63, 3.8) is 0 Å². The molecule has 0 aliphatic rings. The van der Waals surface area contributed by atoms with Gasteiger partial charge in [-0.3, -0.25) is 0 Å². The highest BCUT2D eigenvalue weighted by Crippen LogP contribution is 2.13. The van der Waals surface area contributed by atoms with Gasteiger partial charge in [-0.1, -0.05) is 12.1 Å². The number of alkyl carbamates (subject to hydrolysis) is 1. The Morgan fingerprint density at radius 1 is 1.25 bits per heavy atom. The van der Waals surface area contributed by atoms with Crippen LogP contribution in [0.5, 0.6) is 5.75 Å². The molecule has 1 aromatic heterocycles. The predicted molar refractivity (Wildman–Crippen MR) is 96.7 cm³/mol. The van der Waals surface area contributed by atoms with Crippen LogP contribution in [-0.2, 0) is 17.6 Å². The molecule has 1 atom stereocenters.